The van der Waals surface area contributed by atoms with Gasteiger partial charge in [0.1, 0.15) is 23.9 Å². The van der Waals surface area contributed by atoms with E-state index in [0.717, 1.165) is 39.1 Å². The van der Waals surface area contributed by atoms with Crippen LogP contribution < -0.4 is 14.2 Å². The Morgan fingerprint density at radius 3 is 2.21 bits per heavy atom. The Labute approximate surface area is 192 Å². The Bertz CT molecular complexity index is 1230. The lowest BCUT2D eigenvalue weighted by molar-refractivity contribution is -0.139. The fourth-order valence-electron chi connectivity index (χ4n) is 3.50. The molecule has 0 atom stereocenters. The molecule has 1 N–H and O–H groups in total. The smallest absolute Gasteiger partial charge is 0.341 e. The van der Waals surface area contributed by atoms with E-state index in [2.05, 4.69) is 18.2 Å². The highest BCUT2D eigenvalue weighted by Gasteiger charge is 2.09. The summed E-state index contributed by atoms with van der Waals surface area (Å²) in [5.74, 6) is 0.989. The SMILES string of the molecule is COc1ccc(-c2cc(COc3ccc(OCC(=O)O)c(C)c3)cc(-c3ccoc3)c2)cc1. The molecule has 0 bridgehead atoms. The second-order valence-electron chi connectivity index (χ2n) is 7.56. The molecule has 0 aliphatic rings. The zero-order chi connectivity index (χ0) is 23.2. The van der Waals surface area contributed by atoms with Crippen molar-refractivity contribution >= 4 is 5.97 Å². The number of benzene rings is 3. The highest BCUT2D eigenvalue weighted by molar-refractivity contribution is 5.74. The van der Waals surface area contributed by atoms with Gasteiger partial charge in [-0.2, -0.15) is 0 Å². The van der Waals surface area contributed by atoms with Crippen LogP contribution >= 0.6 is 0 Å². The molecule has 0 saturated carbocycles. The summed E-state index contributed by atoms with van der Waals surface area (Å²) in [6.45, 7) is 1.84. The molecular weight excluding hydrogens is 420 g/mol. The lowest BCUT2D eigenvalue weighted by atomic mass is 9.97. The number of carbonyl (C=O) groups is 1. The second kappa shape index (κ2) is 9.96. The molecule has 0 spiro atoms. The number of rotatable bonds is 9. The summed E-state index contributed by atoms with van der Waals surface area (Å²) in [5.41, 5.74) is 5.96. The van der Waals surface area contributed by atoms with Gasteiger partial charge in [-0.05, 0) is 89.3 Å². The van der Waals surface area contributed by atoms with Crippen LogP contribution in [0.5, 0.6) is 17.2 Å². The van der Waals surface area contributed by atoms with Gasteiger partial charge in [-0.3, -0.25) is 0 Å². The molecule has 0 amide bonds. The zero-order valence-corrected chi connectivity index (χ0v) is 18.4. The van der Waals surface area contributed by atoms with Gasteiger partial charge in [0.25, 0.3) is 0 Å². The van der Waals surface area contributed by atoms with Gasteiger partial charge < -0.3 is 23.7 Å². The van der Waals surface area contributed by atoms with Crippen molar-refractivity contribution in [3.8, 4) is 39.5 Å². The third-order valence-electron chi connectivity index (χ3n) is 5.17. The molecule has 0 saturated heterocycles. The van der Waals surface area contributed by atoms with Crippen molar-refractivity contribution in [1.82, 2.24) is 0 Å². The monoisotopic (exact) mass is 444 g/mol. The first-order valence-corrected chi connectivity index (χ1v) is 10.4. The first-order chi connectivity index (χ1) is 16.0. The number of ether oxygens (including phenoxy) is 3. The van der Waals surface area contributed by atoms with Crippen LogP contribution in [0.25, 0.3) is 22.3 Å². The summed E-state index contributed by atoms with van der Waals surface area (Å²) in [6.07, 6.45) is 3.37. The molecule has 0 fully saturated rings. The second-order valence-corrected chi connectivity index (χ2v) is 7.56. The lowest BCUT2D eigenvalue weighted by Crippen LogP contribution is -2.10. The van der Waals surface area contributed by atoms with Crippen molar-refractivity contribution in [1.29, 1.82) is 0 Å². The van der Waals surface area contributed by atoms with Crippen LogP contribution in [0, 0.1) is 6.92 Å². The highest BCUT2D eigenvalue weighted by atomic mass is 16.5. The molecule has 0 radical (unpaired) electrons. The maximum Gasteiger partial charge on any atom is 0.341 e. The van der Waals surface area contributed by atoms with Gasteiger partial charge in [-0.25, -0.2) is 4.79 Å². The van der Waals surface area contributed by atoms with Crippen LogP contribution in [-0.2, 0) is 11.4 Å². The summed E-state index contributed by atoms with van der Waals surface area (Å²) in [4.78, 5) is 10.7. The first-order valence-electron chi connectivity index (χ1n) is 10.4. The number of furan rings is 1. The minimum Gasteiger partial charge on any atom is -0.497 e. The molecule has 1 heterocycles. The molecule has 4 rings (SSSR count). The van der Waals surface area contributed by atoms with Crippen LogP contribution in [0.4, 0.5) is 0 Å². The van der Waals surface area contributed by atoms with Crippen molar-refractivity contribution in [2.75, 3.05) is 13.7 Å². The van der Waals surface area contributed by atoms with E-state index >= 15 is 0 Å². The zero-order valence-electron chi connectivity index (χ0n) is 18.4. The van der Waals surface area contributed by atoms with Crippen LogP contribution in [0.1, 0.15) is 11.1 Å². The molecule has 33 heavy (non-hydrogen) atoms. The van der Waals surface area contributed by atoms with Crippen LogP contribution in [0.3, 0.4) is 0 Å². The van der Waals surface area contributed by atoms with E-state index in [9.17, 15) is 4.79 Å². The molecule has 6 heteroatoms. The Morgan fingerprint density at radius 2 is 1.58 bits per heavy atom. The van der Waals surface area contributed by atoms with Gasteiger partial charge in [0.15, 0.2) is 6.61 Å². The van der Waals surface area contributed by atoms with Crippen LogP contribution in [0.15, 0.2) is 83.7 Å². The summed E-state index contributed by atoms with van der Waals surface area (Å²) in [5, 5.41) is 8.79. The minimum atomic E-state index is -1.01. The average Bonchev–Trinajstić information content (AvgIpc) is 3.37. The van der Waals surface area contributed by atoms with E-state index in [1.807, 2.05) is 43.3 Å². The average molecular weight is 444 g/mol. The van der Waals surface area contributed by atoms with Gasteiger partial charge in [0.05, 0.1) is 19.6 Å². The van der Waals surface area contributed by atoms with E-state index < -0.39 is 5.97 Å². The number of carboxylic acids is 1. The van der Waals surface area contributed by atoms with Crippen molar-refractivity contribution in [2.24, 2.45) is 0 Å². The van der Waals surface area contributed by atoms with Crippen molar-refractivity contribution < 1.29 is 28.5 Å². The lowest BCUT2D eigenvalue weighted by Gasteiger charge is -2.13. The quantitative estimate of drug-likeness (QED) is 0.343. The molecule has 168 valence electrons. The number of carboxylic acid groups (broad SMARTS) is 1. The van der Waals surface area contributed by atoms with Gasteiger partial charge in [-0.1, -0.05) is 12.1 Å². The Balaban J connectivity index is 1.57. The summed E-state index contributed by atoms with van der Waals surface area (Å²) in [6, 6.07) is 21.5. The summed E-state index contributed by atoms with van der Waals surface area (Å²) >= 11 is 0. The van der Waals surface area contributed by atoms with E-state index in [1.165, 1.54) is 0 Å². The van der Waals surface area contributed by atoms with E-state index in [-0.39, 0.29) is 6.61 Å². The predicted octanol–water partition coefficient (Wildman–Crippen LogP) is 5.97. The van der Waals surface area contributed by atoms with E-state index in [1.54, 1.807) is 31.8 Å². The van der Waals surface area contributed by atoms with Crippen molar-refractivity contribution in [3.05, 3.63) is 90.4 Å². The highest BCUT2D eigenvalue weighted by Crippen LogP contribution is 2.31. The molecule has 6 nitrogen and oxygen atoms in total. The fraction of sp³-hybridized carbons (Fsp3) is 0.148. The van der Waals surface area contributed by atoms with Crippen LogP contribution in [0.2, 0.25) is 0 Å². The van der Waals surface area contributed by atoms with Gasteiger partial charge in [0.2, 0.25) is 0 Å². The number of aliphatic carboxylic acids is 1. The molecule has 0 unspecified atom stereocenters. The molecule has 0 aliphatic carbocycles. The van der Waals surface area contributed by atoms with Gasteiger partial charge in [-0.15, -0.1) is 0 Å². The number of methoxy groups -OCH3 is 1. The minimum absolute atomic E-state index is 0.365. The Hall–Kier alpha value is -4.19. The molecule has 1 aromatic heterocycles. The maximum atomic E-state index is 10.7. The van der Waals surface area contributed by atoms with E-state index in [0.29, 0.717) is 18.1 Å². The van der Waals surface area contributed by atoms with E-state index in [4.69, 9.17) is 23.7 Å². The predicted molar refractivity (Wildman–Crippen MR) is 125 cm³/mol. The molecule has 4 aromatic rings. The number of aryl methyl sites for hydroxylation is 1. The van der Waals surface area contributed by atoms with Gasteiger partial charge >= 0.3 is 5.97 Å². The maximum absolute atomic E-state index is 10.7. The standard InChI is InChI=1S/C27H24O6/c1-18-11-25(7-8-26(18)33-17-27(28)29)32-15-19-12-22(20-3-5-24(30-2)6-4-20)14-23(13-19)21-9-10-31-16-21/h3-14,16H,15,17H2,1-2H3,(H,28,29). The number of hydrogen-bond donors (Lipinski definition) is 1. The normalized spacial score (nSPS) is 10.6. The molecule has 3 aromatic carbocycles. The Morgan fingerprint density at radius 1 is 0.848 bits per heavy atom. The largest absolute Gasteiger partial charge is 0.497 e. The van der Waals surface area contributed by atoms with Crippen molar-refractivity contribution in [2.45, 2.75) is 13.5 Å². The van der Waals surface area contributed by atoms with Crippen molar-refractivity contribution in [3.63, 3.8) is 0 Å². The number of hydrogen-bond acceptors (Lipinski definition) is 5. The third kappa shape index (κ3) is 5.54. The molecule has 0 aliphatic heterocycles. The van der Waals surface area contributed by atoms with Gasteiger partial charge in [0, 0.05) is 5.56 Å². The topological polar surface area (TPSA) is 78.1 Å². The summed E-state index contributed by atoms with van der Waals surface area (Å²) < 4.78 is 21.9. The summed E-state index contributed by atoms with van der Waals surface area (Å²) in [7, 11) is 1.65. The third-order valence-corrected chi connectivity index (χ3v) is 5.17. The molecular formula is C27H24O6. The fourth-order valence-corrected chi connectivity index (χ4v) is 3.50. The Kier molecular flexibility index (Phi) is 6.64. The van der Waals surface area contributed by atoms with Crippen LogP contribution in [-0.4, -0.2) is 24.8 Å². The first kappa shape index (κ1) is 22.0.